The molecule has 6 nitrogen and oxygen atoms in total. The molecule has 7 heteroatoms. The lowest BCUT2D eigenvalue weighted by Crippen LogP contribution is -2.25. The molecule has 0 saturated carbocycles. The van der Waals surface area contributed by atoms with E-state index >= 15 is 0 Å². The SMILES string of the molecule is COc1ccc(/C(C)=N\NC(=O)COc2ccc(Br)cc2OC)cc1. The lowest BCUT2D eigenvalue weighted by atomic mass is 10.1. The minimum absolute atomic E-state index is 0.169. The predicted molar refractivity (Wildman–Crippen MR) is 99.5 cm³/mol. The smallest absolute Gasteiger partial charge is 0.277 e. The van der Waals surface area contributed by atoms with Crippen LogP contribution in [0.3, 0.4) is 0 Å². The minimum atomic E-state index is -0.363. The maximum atomic E-state index is 11.9. The van der Waals surface area contributed by atoms with Crippen molar-refractivity contribution in [2.75, 3.05) is 20.8 Å². The first-order valence-corrected chi connectivity index (χ1v) is 8.26. The highest BCUT2D eigenvalue weighted by atomic mass is 79.9. The summed E-state index contributed by atoms with van der Waals surface area (Å²) in [5, 5.41) is 4.08. The van der Waals surface area contributed by atoms with E-state index in [1.807, 2.05) is 30.3 Å². The highest BCUT2D eigenvalue weighted by Crippen LogP contribution is 2.30. The van der Waals surface area contributed by atoms with Crippen LogP contribution in [-0.4, -0.2) is 32.4 Å². The van der Waals surface area contributed by atoms with Gasteiger partial charge in [0.05, 0.1) is 19.9 Å². The van der Waals surface area contributed by atoms with Gasteiger partial charge in [0.25, 0.3) is 5.91 Å². The Labute approximate surface area is 154 Å². The molecule has 0 aliphatic carbocycles. The van der Waals surface area contributed by atoms with Crippen LogP contribution in [0.25, 0.3) is 0 Å². The van der Waals surface area contributed by atoms with Gasteiger partial charge < -0.3 is 14.2 Å². The molecular formula is C18H19BrN2O4. The summed E-state index contributed by atoms with van der Waals surface area (Å²) in [6.45, 7) is 1.64. The third-order valence-electron chi connectivity index (χ3n) is 3.34. The first kappa shape index (κ1) is 18.8. The van der Waals surface area contributed by atoms with Crippen LogP contribution in [0.2, 0.25) is 0 Å². The van der Waals surface area contributed by atoms with E-state index in [0.29, 0.717) is 17.2 Å². The van der Waals surface area contributed by atoms with Gasteiger partial charge in [-0.15, -0.1) is 0 Å². The van der Waals surface area contributed by atoms with Crippen LogP contribution in [0.15, 0.2) is 52.0 Å². The van der Waals surface area contributed by atoms with Gasteiger partial charge in [-0.2, -0.15) is 5.10 Å². The van der Waals surface area contributed by atoms with Crippen LogP contribution in [0.5, 0.6) is 17.2 Å². The maximum Gasteiger partial charge on any atom is 0.277 e. The highest BCUT2D eigenvalue weighted by Gasteiger charge is 2.08. The van der Waals surface area contributed by atoms with Gasteiger partial charge >= 0.3 is 0 Å². The largest absolute Gasteiger partial charge is 0.497 e. The highest BCUT2D eigenvalue weighted by molar-refractivity contribution is 9.10. The second-order valence-corrected chi connectivity index (χ2v) is 5.96. The fraction of sp³-hybridized carbons (Fsp3) is 0.222. The summed E-state index contributed by atoms with van der Waals surface area (Å²) in [5.41, 5.74) is 4.04. The molecule has 2 rings (SSSR count). The van der Waals surface area contributed by atoms with Gasteiger partial charge in [0, 0.05) is 4.47 Å². The average molecular weight is 407 g/mol. The van der Waals surface area contributed by atoms with E-state index in [4.69, 9.17) is 14.2 Å². The lowest BCUT2D eigenvalue weighted by Gasteiger charge is -2.10. The molecule has 0 aliphatic rings. The summed E-state index contributed by atoms with van der Waals surface area (Å²) in [5.74, 6) is 1.42. The second-order valence-electron chi connectivity index (χ2n) is 5.04. The summed E-state index contributed by atoms with van der Waals surface area (Å²) in [6, 6.07) is 12.7. The number of carbonyl (C=O) groups excluding carboxylic acids is 1. The topological polar surface area (TPSA) is 69.2 Å². The number of carbonyl (C=O) groups is 1. The van der Waals surface area contributed by atoms with Crippen LogP contribution >= 0.6 is 15.9 Å². The Morgan fingerprint density at radius 2 is 1.80 bits per heavy atom. The Kier molecular flexibility index (Phi) is 6.82. The summed E-state index contributed by atoms with van der Waals surface area (Å²) < 4.78 is 16.6. The normalized spacial score (nSPS) is 11.0. The van der Waals surface area contributed by atoms with Crippen molar-refractivity contribution in [1.82, 2.24) is 5.43 Å². The molecule has 2 aromatic rings. The van der Waals surface area contributed by atoms with E-state index in [1.165, 1.54) is 7.11 Å². The first-order chi connectivity index (χ1) is 12.0. The summed E-state index contributed by atoms with van der Waals surface area (Å²) in [6.07, 6.45) is 0. The number of benzene rings is 2. The van der Waals surface area contributed by atoms with Crippen LogP contribution in [-0.2, 0) is 4.79 Å². The van der Waals surface area contributed by atoms with E-state index in [-0.39, 0.29) is 12.5 Å². The zero-order valence-electron chi connectivity index (χ0n) is 14.2. The standard InChI is InChI=1S/C18H19BrN2O4/c1-12(13-4-7-15(23-2)8-5-13)20-21-18(22)11-25-16-9-6-14(19)10-17(16)24-3/h4-10H,11H2,1-3H3,(H,21,22)/b20-12-. The Balaban J connectivity index is 1.91. The van der Waals surface area contributed by atoms with Gasteiger partial charge in [-0.05, 0) is 55.0 Å². The van der Waals surface area contributed by atoms with Crippen molar-refractivity contribution < 1.29 is 19.0 Å². The molecule has 0 radical (unpaired) electrons. The van der Waals surface area contributed by atoms with Crippen molar-refractivity contribution in [1.29, 1.82) is 0 Å². The van der Waals surface area contributed by atoms with E-state index in [9.17, 15) is 4.79 Å². The molecule has 0 aliphatic heterocycles. The van der Waals surface area contributed by atoms with Gasteiger partial charge in [-0.25, -0.2) is 5.43 Å². The van der Waals surface area contributed by atoms with Gasteiger partial charge in [0.2, 0.25) is 0 Å². The molecule has 1 amide bonds. The van der Waals surface area contributed by atoms with Crippen molar-refractivity contribution in [2.24, 2.45) is 5.10 Å². The number of nitrogens with one attached hydrogen (secondary N) is 1. The molecule has 0 saturated heterocycles. The minimum Gasteiger partial charge on any atom is -0.497 e. The zero-order chi connectivity index (χ0) is 18.2. The number of nitrogens with zero attached hydrogens (tertiary/aromatic N) is 1. The first-order valence-electron chi connectivity index (χ1n) is 7.47. The monoisotopic (exact) mass is 406 g/mol. The molecule has 0 heterocycles. The third kappa shape index (κ3) is 5.49. The summed E-state index contributed by atoms with van der Waals surface area (Å²) in [4.78, 5) is 11.9. The zero-order valence-corrected chi connectivity index (χ0v) is 15.8. The van der Waals surface area contributed by atoms with Crippen LogP contribution in [0.4, 0.5) is 0 Å². The number of hydrogen-bond donors (Lipinski definition) is 1. The van der Waals surface area contributed by atoms with Gasteiger partial charge in [-0.3, -0.25) is 4.79 Å². The van der Waals surface area contributed by atoms with Crippen LogP contribution in [0, 0.1) is 0 Å². The Morgan fingerprint density at radius 3 is 2.44 bits per heavy atom. The molecule has 0 spiro atoms. The molecular weight excluding hydrogens is 388 g/mol. The maximum absolute atomic E-state index is 11.9. The fourth-order valence-corrected chi connectivity index (χ4v) is 2.32. The van der Waals surface area contributed by atoms with Gasteiger partial charge in [-0.1, -0.05) is 15.9 Å². The summed E-state index contributed by atoms with van der Waals surface area (Å²) in [7, 11) is 3.15. The Bertz CT molecular complexity index is 760. The van der Waals surface area contributed by atoms with Crippen molar-refractivity contribution in [2.45, 2.75) is 6.92 Å². The van der Waals surface area contributed by atoms with Crippen molar-refractivity contribution in [3.63, 3.8) is 0 Å². The van der Waals surface area contributed by atoms with E-state index < -0.39 is 0 Å². The number of halogens is 1. The molecule has 0 aromatic heterocycles. The molecule has 2 aromatic carbocycles. The number of hydrogen-bond acceptors (Lipinski definition) is 5. The predicted octanol–water partition coefficient (Wildman–Crippen LogP) is 3.39. The van der Waals surface area contributed by atoms with Gasteiger partial charge in [0.15, 0.2) is 18.1 Å². The Morgan fingerprint density at radius 1 is 1.08 bits per heavy atom. The van der Waals surface area contributed by atoms with Crippen LogP contribution in [0.1, 0.15) is 12.5 Å². The molecule has 0 fully saturated rings. The number of amides is 1. The van der Waals surface area contributed by atoms with E-state index in [2.05, 4.69) is 26.5 Å². The number of ether oxygens (including phenoxy) is 3. The molecule has 132 valence electrons. The molecule has 0 atom stereocenters. The molecule has 0 unspecified atom stereocenters. The molecule has 1 N–H and O–H groups in total. The van der Waals surface area contributed by atoms with Crippen LogP contribution < -0.4 is 19.6 Å². The number of rotatable bonds is 7. The van der Waals surface area contributed by atoms with Crippen molar-refractivity contribution >= 4 is 27.5 Å². The van der Waals surface area contributed by atoms with Crippen molar-refractivity contribution in [3.05, 3.63) is 52.5 Å². The number of methoxy groups -OCH3 is 2. The quantitative estimate of drug-likeness (QED) is 0.565. The fourth-order valence-electron chi connectivity index (χ4n) is 1.98. The second kappa shape index (κ2) is 9.08. The molecule has 0 bridgehead atoms. The average Bonchev–Trinajstić information content (AvgIpc) is 2.64. The van der Waals surface area contributed by atoms with E-state index in [0.717, 1.165) is 15.8 Å². The molecule has 25 heavy (non-hydrogen) atoms. The van der Waals surface area contributed by atoms with Gasteiger partial charge in [0.1, 0.15) is 5.75 Å². The van der Waals surface area contributed by atoms with Crippen molar-refractivity contribution in [3.8, 4) is 17.2 Å². The Hall–Kier alpha value is -2.54. The van der Waals surface area contributed by atoms with E-state index in [1.54, 1.807) is 26.2 Å². The summed E-state index contributed by atoms with van der Waals surface area (Å²) >= 11 is 3.35. The number of hydrazone groups is 1. The lowest BCUT2D eigenvalue weighted by molar-refractivity contribution is -0.123. The third-order valence-corrected chi connectivity index (χ3v) is 3.83.